The average molecular weight is 208 g/mol. The van der Waals surface area contributed by atoms with E-state index in [4.69, 9.17) is 16.2 Å². The number of thiophene rings is 1. The van der Waals surface area contributed by atoms with E-state index in [9.17, 15) is 0 Å². The van der Waals surface area contributed by atoms with Gasteiger partial charge in [0, 0.05) is 10.1 Å². The SMILES string of the molecule is CCOc1c(N)cc2sccc2c1N. The molecule has 0 amide bonds. The maximum atomic E-state index is 5.95. The maximum Gasteiger partial charge on any atom is 0.165 e. The smallest absolute Gasteiger partial charge is 0.165 e. The third-order valence-corrected chi connectivity index (χ3v) is 2.93. The summed E-state index contributed by atoms with van der Waals surface area (Å²) in [7, 11) is 0. The lowest BCUT2D eigenvalue weighted by molar-refractivity contribution is 0.344. The number of fused-ring (bicyclic) bond motifs is 1. The molecule has 0 unspecified atom stereocenters. The highest BCUT2D eigenvalue weighted by molar-refractivity contribution is 7.17. The molecule has 2 rings (SSSR count). The monoisotopic (exact) mass is 208 g/mol. The Bertz CT molecular complexity index is 464. The standard InChI is InChI=1S/C10H12N2OS/c1-2-13-10-7(11)5-8-6(9(10)12)3-4-14-8/h3-5H,2,11-12H2,1H3. The van der Waals surface area contributed by atoms with Crippen molar-refractivity contribution in [3.05, 3.63) is 17.5 Å². The summed E-state index contributed by atoms with van der Waals surface area (Å²) < 4.78 is 6.50. The van der Waals surface area contributed by atoms with Gasteiger partial charge in [-0.15, -0.1) is 11.3 Å². The van der Waals surface area contributed by atoms with Crippen molar-refractivity contribution < 1.29 is 4.74 Å². The molecule has 0 aliphatic heterocycles. The number of ether oxygens (including phenoxy) is 1. The summed E-state index contributed by atoms with van der Waals surface area (Å²) in [6, 6.07) is 3.89. The van der Waals surface area contributed by atoms with Crippen LogP contribution in [-0.4, -0.2) is 6.61 Å². The number of hydrogen-bond donors (Lipinski definition) is 2. The van der Waals surface area contributed by atoms with Crippen LogP contribution < -0.4 is 16.2 Å². The lowest BCUT2D eigenvalue weighted by Crippen LogP contribution is -2.01. The van der Waals surface area contributed by atoms with Crippen LogP contribution in [0.4, 0.5) is 11.4 Å². The fourth-order valence-corrected chi connectivity index (χ4v) is 2.30. The molecule has 0 atom stereocenters. The van der Waals surface area contributed by atoms with Crippen LogP contribution in [0.2, 0.25) is 0 Å². The molecule has 0 fully saturated rings. The van der Waals surface area contributed by atoms with Gasteiger partial charge in [0.25, 0.3) is 0 Å². The van der Waals surface area contributed by atoms with Gasteiger partial charge in [0.1, 0.15) is 0 Å². The van der Waals surface area contributed by atoms with Crippen LogP contribution in [0.3, 0.4) is 0 Å². The molecule has 0 saturated carbocycles. The highest BCUT2D eigenvalue weighted by Gasteiger charge is 2.10. The zero-order chi connectivity index (χ0) is 10.1. The van der Waals surface area contributed by atoms with E-state index in [0.29, 0.717) is 23.7 Å². The van der Waals surface area contributed by atoms with E-state index in [1.807, 2.05) is 24.4 Å². The summed E-state index contributed by atoms with van der Waals surface area (Å²) in [5, 5.41) is 3.02. The highest BCUT2D eigenvalue weighted by atomic mass is 32.1. The van der Waals surface area contributed by atoms with Gasteiger partial charge in [-0.05, 0) is 24.4 Å². The second kappa shape index (κ2) is 3.38. The van der Waals surface area contributed by atoms with Crippen molar-refractivity contribution in [2.24, 2.45) is 0 Å². The maximum absolute atomic E-state index is 5.95. The number of benzene rings is 1. The molecule has 14 heavy (non-hydrogen) atoms. The summed E-state index contributed by atoms with van der Waals surface area (Å²) in [4.78, 5) is 0. The number of nitrogen functional groups attached to an aromatic ring is 2. The van der Waals surface area contributed by atoms with Crippen LogP contribution in [0.5, 0.6) is 5.75 Å². The van der Waals surface area contributed by atoms with Crippen molar-refractivity contribution >= 4 is 32.8 Å². The van der Waals surface area contributed by atoms with E-state index in [0.717, 1.165) is 10.1 Å². The fraction of sp³-hybridized carbons (Fsp3) is 0.200. The molecule has 0 aliphatic rings. The lowest BCUT2D eigenvalue weighted by Gasteiger charge is -2.10. The Kier molecular flexibility index (Phi) is 2.21. The third-order valence-electron chi connectivity index (χ3n) is 2.07. The zero-order valence-corrected chi connectivity index (χ0v) is 8.73. The average Bonchev–Trinajstić information content (AvgIpc) is 2.60. The first-order chi connectivity index (χ1) is 6.74. The van der Waals surface area contributed by atoms with Gasteiger partial charge >= 0.3 is 0 Å². The van der Waals surface area contributed by atoms with Gasteiger partial charge in [-0.2, -0.15) is 0 Å². The van der Waals surface area contributed by atoms with Crippen LogP contribution in [0, 0.1) is 0 Å². The molecule has 74 valence electrons. The van der Waals surface area contributed by atoms with Gasteiger partial charge in [0.05, 0.1) is 18.0 Å². The van der Waals surface area contributed by atoms with Crippen LogP contribution in [-0.2, 0) is 0 Å². The normalized spacial score (nSPS) is 10.6. The largest absolute Gasteiger partial charge is 0.490 e. The second-order valence-corrected chi connectivity index (χ2v) is 3.92. The summed E-state index contributed by atoms with van der Waals surface area (Å²) >= 11 is 1.63. The van der Waals surface area contributed by atoms with Crippen molar-refractivity contribution in [1.29, 1.82) is 0 Å². The number of hydrogen-bond acceptors (Lipinski definition) is 4. The highest BCUT2D eigenvalue weighted by Crippen LogP contribution is 2.38. The van der Waals surface area contributed by atoms with Crippen molar-refractivity contribution in [2.45, 2.75) is 6.92 Å². The van der Waals surface area contributed by atoms with Crippen LogP contribution in [0.25, 0.3) is 10.1 Å². The lowest BCUT2D eigenvalue weighted by atomic mass is 10.2. The van der Waals surface area contributed by atoms with E-state index >= 15 is 0 Å². The molecule has 4 heteroatoms. The van der Waals surface area contributed by atoms with Gasteiger partial charge < -0.3 is 16.2 Å². The molecule has 0 radical (unpaired) electrons. The Morgan fingerprint density at radius 3 is 2.93 bits per heavy atom. The first-order valence-corrected chi connectivity index (χ1v) is 5.30. The molecule has 0 saturated heterocycles. The number of rotatable bonds is 2. The summed E-state index contributed by atoms with van der Waals surface area (Å²) in [5.41, 5.74) is 13.0. The molecule has 2 aromatic rings. The summed E-state index contributed by atoms with van der Waals surface area (Å²) in [6.45, 7) is 2.49. The fourth-order valence-electron chi connectivity index (χ4n) is 1.45. The van der Waals surface area contributed by atoms with Gasteiger partial charge in [-0.3, -0.25) is 0 Å². The van der Waals surface area contributed by atoms with Crippen molar-refractivity contribution in [2.75, 3.05) is 18.1 Å². The van der Waals surface area contributed by atoms with Crippen LogP contribution in [0.15, 0.2) is 17.5 Å². The number of nitrogens with two attached hydrogens (primary N) is 2. The minimum Gasteiger partial charge on any atom is -0.490 e. The Morgan fingerprint density at radius 1 is 1.43 bits per heavy atom. The molecular formula is C10H12N2OS. The van der Waals surface area contributed by atoms with Crippen LogP contribution >= 0.6 is 11.3 Å². The molecule has 1 aromatic carbocycles. The minimum atomic E-state index is 0.573. The first kappa shape index (κ1) is 9.15. The zero-order valence-electron chi connectivity index (χ0n) is 7.91. The Balaban J connectivity index is 2.69. The first-order valence-electron chi connectivity index (χ1n) is 4.42. The van der Waals surface area contributed by atoms with Crippen LogP contribution in [0.1, 0.15) is 6.92 Å². The van der Waals surface area contributed by atoms with E-state index in [1.165, 1.54) is 0 Å². The van der Waals surface area contributed by atoms with E-state index < -0.39 is 0 Å². The Labute approximate surface area is 86.3 Å². The van der Waals surface area contributed by atoms with Crippen molar-refractivity contribution in [1.82, 2.24) is 0 Å². The van der Waals surface area contributed by atoms with Gasteiger partial charge in [-0.1, -0.05) is 0 Å². The molecule has 0 aliphatic carbocycles. The van der Waals surface area contributed by atoms with Gasteiger partial charge in [0.15, 0.2) is 5.75 Å². The molecule has 0 bridgehead atoms. The predicted octanol–water partition coefficient (Wildman–Crippen LogP) is 2.46. The topological polar surface area (TPSA) is 61.3 Å². The Morgan fingerprint density at radius 2 is 2.21 bits per heavy atom. The Hall–Kier alpha value is -1.42. The molecule has 3 nitrogen and oxygen atoms in total. The second-order valence-electron chi connectivity index (χ2n) is 2.97. The molecule has 0 spiro atoms. The van der Waals surface area contributed by atoms with Crippen molar-refractivity contribution in [3.63, 3.8) is 0 Å². The van der Waals surface area contributed by atoms with Gasteiger partial charge in [-0.25, -0.2) is 0 Å². The van der Waals surface area contributed by atoms with E-state index in [-0.39, 0.29) is 0 Å². The van der Waals surface area contributed by atoms with E-state index in [2.05, 4.69) is 0 Å². The molecular weight excluding hydrogens is 196 g/mol. The third kappa shape index (κ3) is 1.28. The molecule has 1 aromatic heterocycles. The van der Waals surface area contributed by atoms with Crippen molar-refractivity contribution in [3.8, 4) is 5.75 Å². The van der Waals surface area contributed by atoms with E-state index in [1.54, 1.807) is 11.3 Å². The number of anilines is 2. The summed E-state index contributed by atoms with van der Waals surface area (Å²) in [6.07, 6.45) is 0. The molecule has 4 N–H and O–H groups in total. The minimum absolute atomic E-state index is 0.573. The predicted molar refractivity (Wildman–Crippen MR) is 61.8 cm³/mol. The quantitative estimate of drug-likeness (QED) is 0.745. The summed E-state index contributed by atoms with van der Waals surface area (Å²) in [5.74, 6) is 0.610. The van der Waals surface area contributed by atoms with Gasteiger partial charge in [0.2, 0.25) is 0 Å². The molecule has 1 heterocycles.